The van der Waals surface area contributed by atoms with Crippen LogP contribution in [0.2, 0.25) is 0 Å². The molecule has 0 aromatic heterocycles. The standard InChI is InChI=1S/C21H21NO5/c1-13(2)27-20(24)11-18-17-9-6-15(23)10-19(17)22(21(18)25)12-14-4-7-16(26-3)8-5-14/h4-11,13,23H,12H2,1-3H3/b18-11+. The van der Waals surface area contributed by atoms with Gasteiger partial charge in [-0.05, 0) is 43.7 Å². The van der Waals surface area contributed by atoms with Gasteiger partial charge >= 0.3 is 5.97 Å². The number of amides is 1. The molecule has 3 rings (SSSR count). The fraction of sp³-hybridized carbons (Fsp3) is 0.238. The number of nitrogens with zero attached hydrogens (tertiary/aromatic N) is 1. The van der Waals surface area contributed by atoms with Gasteiger partial charge in [0.15, 0.2) is 0 Å². The van der Waals surface area contributed by atoms with E-state index in [2.05, 4.69) is 0 Å². The Bertz CT molecular complexity index is 899. The molecular weight excluding hydrogens is 346 g/mol. The molecule has 1 amide bonds. The van der Waals surface area contributed by atoms with E-state index in [1.54, 1.807) is 27.0 Å². The number of benzene rings is 2. The molecule has 0 saturated heterocycles. The predicted molar refractivity (Wildman–Crippen MR) is 101 cm³/mol. The minimum atomic E-state index is -0.571. The summed E-state index contributed by atoms with van der Waals surface area (Å²) < 4.78 is 10.3. The lowest BCUT2D eigenvalue weighted by Crippen LogP contribution is -2.26. The number of fused-ring (bicyclic) bond motifs is 1. The van der Waals surface area contributed by atoms with Gasteiger partial charge in [-0.3, -0.25) is 4.79 Å². The van der Waals surface area contributed by atoms with Crippen LogP contribution < -0.4 is 9.64 Å². The van der Waals surface area contributed by atoms with Crippen LogP contribution in [0.15, 0.2) is 48.5 Å². The van der Waals surface area contributed by atoms with E-state index in [1.807, 2.05) is 24.3 Å². The van der Waals surface area contributed by atoms with Gasteiger partial charge in [-0.2, -0.15) is 0 Å². The minimum Gasteiger partial charge on any atom is -0.508 e. The number of hydrogen-bond acceptors (Lipinski definition) is 5. The summed E-state index contributed by atoms with van der Waals surface area (Å²) in [6.07, 6.45) is 0.937. The number of phenols is 1. The number of carbonyl (C=O) groups excluding carboxylic acids is 2. The molecule has 1 aliphatic rings. The van der Waals surface area contributed by atoms with Crippen LogP contribution in [-0.4, -0.2) is 30.2 Å². The van der Waals surface area contributed by atoms with Gasteiger partial charge in [0.1, 0.15) is 11.5 Å². The molecule has 0 bridgehead atoms. The zero-order valence-corrected chi connectivity index (χ0v) is 15.4. The molecule has 0 atom stereocenters. The number of ether oxygens (including phenoxy) is 2. The summed E-state index contributed by atoms with van der Waals surface area (Å²) in [5, 5.41) is 9.86. The van der Waals surface area contributed by atoms with Crippen LogP contribution in [0.1, 0.15) is 25.0 Å². The number of hydrogen-bond donors (Lipinski definition) is 1. The lowest BCUT2D eigenvalue weighted by atomic mass is 10.1. The summed E-state index contributed by atoms with van der Waals surface area (Å²) in [7, 11) is 1.59. The number of carbonyl (C=O) groups is 2. The fourth-order valence-corrected chi connectivity index (χ4v) is 2.94. The van der Waals surface area contributed by atoms with E-state index in [0.717, 1.165) is 11.3 Å². The largest absolute Gasteiger partial charge is 0.508 e. The first-order valence-corrected chi connectivity index (χ1v) is 8.59. The molecule has 140 valence electrons. The molecule has 6 nitrogen and oxygen atoms in total. The summed E-state index contributed by atoms with van der Waals surface area (Å²) in [4.78, 5) is 26.5. The normalized spacial score (nSPS) is 14.6. The Morgan fingerprint density at radius 1 is 1.19 bits per heavy atom. The first-order chi connectivity index (χ1) is 12.9. The molecule has 1 heterocycles. The van der Waals surface area contributed by atoms with Gasteiger partial charge in [0.2, 0.25) is 0 Å². The second-order valence-electron chi connectivity index (χ2n) is 6.48. The number of rotatable bonds is 5. The monoisotopic (exact) mass is 367 g/mol. The SMILES string of the molecule is COc1ccc(CN2C(=O)/C(=C/C(=O)OC(C)C)c3ccc(O)cc32)cc1. The van der Waals surface area contributed by atoms with Crippen molar-refractivity contribution in [1.29, 1.82) is 0 Å². The van der Waals surface area contributed by atoms with Gasteiger partial charge < -0.3 is 19.5 Å². The molecule has 0 unspecified atom stereocenters. The smallest absolute Gasteiger partial charge is 0.331 e. The van der Waals surface area contributed by atoms with Crippen molar-refractivity contribution < 1.29 is 24.2 Å². The number of anilines is 1. The maximum absolute atomic E-state index is 13.0. The Morgan fingerprint density at radius 3 is 2.52 bits per heavy atom. The van der Waals surface area contributed by atoms with Crippen LogP contribution in [0.25, 0.3) is 5.57 Å². The van der Waals surface area contributed by atoms with Crippen LogP contribution in [0.4, 0.5) is 5.69 Å². The molecule has 2 aromatic carbocycles. The summed E-state index contributed by atoms with van der Waals surface area (Å²) in [5.74, 6) is -0.111. The summed E-state index contributed by atoms with van der Waals surface area (Å²) in [5.41, 5.74) is 2.29. The molecule has 2 aromatic rings. The molecule has 0 fully saturated rings. The van der Waals surface area contributed by atoms with E-state index in [4.69, 9.17) is 9.47 Å². The van der Waals surface area contributed by atoms with Crippen LogP contribution >= 0.6 is 0 Å². The predicted octanol–water partition coefficient (Wildman–Crippen LogP) is 3.28. The highest BCUT2D eigenvalue weighted by Gasteiger charge is 2.33. The Hall–Kier alpha value is -3.28. The molecule has 0 spiro atoms. The van der Waals surface area contributed by atoms with Gasteiger partial charge in [0, 0.05) is 17.7 Å². The fourth-order valence-electron chi connectivity index (χ4n) is 2.94. The summed E-state index contributed by atoms with van der Waals surface area (Å²) >= 11 is 0. The van der Waals surface area contributed by atoms with Crippen molar-refractivity contribution in [3.8, 4) is 11.5 Å². The molecule has 0 radical (unpaired) electrons. The van der Waals surface area contributed by atoms with Crippen molar-refractivity contribution in [2.45, 2.75) is 26.5 Å². The summed E-state index contributed by atoms with van der Waals surface area (Å²) in [6, 6.07) is 12.0. The van der Waals surface area contributed by atoms with E-state index in [9.17, 15) is 14.7 Å². The van der Waals surface area contributed by atoms with E-state index in [0.29, 0.717) is 17.8 Å². The average Bonchev–Trinajstić information content (AvgIpc) is 2.87. The number of aromatic hydroxyl groups is 1. The van der Waals surface area contributed by atoms with E-state index < -0.39 is 5.97 Å². The number of phenolic OH excluding ortho intramolecular Hbond substituents is 1. The highest BCUT2D eigenvalue weighted by molar-refractivity contribution is 6.34. The molecule has 6 heteroatoms. The zero-order valence-electron chi connectivity index (χ0n) is 15.4. The van der Waals surface area contributed by atoms with Crippen molar-refractivity contribution in [3.63, 3.8) is 0 Å². The molecule has 1 aliphatic heterocycles. The van der Waals surface area contributed by atoms with E-state index >= 15 is 0 Å². The second-order valence-corrected chi connectivity index (χ2v) is 6.48. The molecule has 27 heavy (non-hydrogen) atoms. The quantitative estimate of drug-likeness (QED) is 0.648. The van der Waals surface area contributed by atoms with Crippen LogP contribution in [0, 0.1) is 0 Å². The Kier molecular flexibility index (Phi) is 5.16. The van der Waals surface area contributed by atoms with Crippen molar-refractivity contribution in [2.75, 3.05) is 12.0 Å². The Balaban J connectivity index is 1.95. The number of esters is 1. The first kappa shape index (κ1) is 18.5. The van der Waals surface area contributed by atoms with E-state index in [-0.39, 0.29) is 23.3 Å². The van der Waals surface area contributed by atoms with Gasteiger partial charge in [-0.15, -0.1) is 0 Å². The molecule has 1 N–H and O–H groups in total. The average molecular weight is 367 g/mol. The van der Waals surface area contributed by atoms with Crippen molar-refractivity contribution in [2.24, 2.45) is 0 Å². The van der Waals surface area contributed by atoms with Gasteiger partial charge in [0.05, 0.1) is 31.0 Å². The highest BCUT2D eigenvalue weighted by Crippen LogP contribution is 2.39. The van der Waals surface area contributed by atoms with E-state index in [1.165, 1.54) is 23.1 Å². The van der Waals surface area contributed by atoms with Gasteiger partial charge in [0.25, 0.3) is 5.91 Å². The Morgan fingerprint density at radius 2 is 1.89 bits per heavy atom. The van der Waals surface area contributed by atoms with Crippen LogP contribution in [0.3, 0.4) is 0 Å². The van der Waals surface area contributed by atoms with Gasteiger partial charge in [-0.1, -0.05) is 12.1 Å². The highest BCUT2D eigenvalue weighted by atomic mass is 16.5. The molecular formula is C21H21NO5. The second kappa shape index (κ2) is 7.53. The third kappa shape index (κ3) is 3.95. The third-order valence-corrected chi connectivity index (χ3v) is 4.15. The topological polar surface area (TPSA) is 76.1 Å². The molecule has 0 aliphatic carbocycles. The van der Waals surface area contributed by atoms with Crippen LogP contribution in [0.5, 0.6) is 11.5 Å². The molecule has 0 saturated carbocycles. The first-order valence-electron chi connectivity index (χ1n) is 8.59. The minimum absolute atomic E-state index is 0.0484. The van der Waals surface area contributed by atoms with Crippen LogP contribution in [-0.2, 0) is 20.9 Å². The van der Waals surface area contributed by atoms with Crippen molar-refractivity contribution >= 4 is 23.1 Å². The van der Waals surface area contributed by atoms with Gasteiger partial charge in [-0.25, -0.2) is 4.79 Å². The lowest BCUT2D eigenvalue weighted by Gasteiger charge is -2.17. The maximum Gasteiger partial charge on any atom is 0.331 e. The number of methoxy groups -OCH3 is 1. The zero-order chi connectivity index (χ0) is 19.6. The summed E-state index contributed by atoms with van der Waals surface area (Å²) in [6.45, 7) is 3.79. The third-order valence-electron chi connectivity index (χ3n) is 4.15. The maximum atomic E-state index is 13.0. The van der Waals surface area contributed by atoms with Crippen molar-refractivity contribution in [3.05, 3.63) is 59.7 Å². The van der Waals surface area contributed by atoms with Crippen molar-refractivity contribution in [1.82, 2.24) is 0 Å². The lowest BCUT2D eigenvalue weighted by molar-refractivity contribution is -0.141. The Labute approximate surface area is 157 Å².